The van der Waals surface area contributed by atoms with Gasteiger partial charge in [0, 0.05) is 38.1 Å². The molecule has 2 aromatic carbocycles. The van der Waals surface area contributed by atoms with Crippen LogP contribution in [0.25, 0.3) is 0 Å². The van der Waals surface area contributed by atoms with E-state index in [1.165, 1.54) is 17.3 Å². The molecule has 8 nitrogen and oxygen atoms in total. The number of nitrogens with zero attached hydrogens (tertiary/aromatic N) is 5. The minimum atomic E-state index is -4.10. The van der Waals surface area contributed by atoms with Crippen molar-refractivity contribution in [2.45, 2.75) is 4.90 Å². The molecule has 3 heterocycles. The second-order valence-electron chi connectivity index (χ2n) is 7.50. The molecule has 9 heteroatoms. The highest BCUT2D eigenvalue weighted by atomic mass is 32.2. The molecule has 162 valence electrons. The van der Waals surface area contributed by atoms with Crippen molar-refractivity contribution in [1.82, 2.24) is 9.88 Å². The number of anilines is 3. The molecule has 5 rings (SSSR count). The Bertz CT molecular complexity index is 1270. The highest BCUT2D eigenvalue weighted by molar-refractivity contribution is 8.08. The number of piperazine rings is 1. The number of carbonyl (C=O) groups excluding carboxylic acids is 1. The van der Waals surface area contributed by atoms with Gasteiger partial charge in [0.1, 0.15) is 4.90 Å². The van der Waals surface area contributed by atoms with E-state index in [0.717, 1.165) is 5.69 Å². The first-order chi connectivity index (χ1) is 15.6. The zero-order valence-electron chi connectivity index (χ0n) is 17.2. The monoisotopic (exact) mass is 447 g/mol. The first kappa shape index (κ1) is 20.2. The lowest BCUT2D eigenvalue weighted by Crippen LogP contribution is -2.52. The fourth-order valence-electron chi connectivity index (χ4n) is 3.90. The minimum absolute atomic E-state index is 0.0230. The molecule has 1 fully saturated rings. The van der Waals surface area contributed by atoms with E-state index in [0.29, 0.717) is 31.9 Å². The first-order valence-corrected chi connectivity index (χ1v) is 11.8. The molecule has 2 aliphatic heterocycles. The first-order valence-electron chi connectivity index (χ1n) is 10.3. The fourth-order valence-corrected chi connectivity index (χ4v) is 5.29. The molecule has 1 saturated heterocycles. The van der Waals surface area contributed by atoms with E-state index in [4.69, 9.17) is 0 Å². The standard InChI is InChI=1S/C23H21N5O3S/c29-23(27-16-14-26(15-17-27)18-8-3-1-4-9-18)22-25-28(19-10-5-2-6-11-19)21-20(32(22,30)31)12-7-13-24-21/h1-13H,14-17H2. The molecule has 0 saturated carbocycles. The van der Waals surface area contributed by atoms with Crippen LogP contribution < -0.4 is 9.91 Å². The Morgan fingerprint density at radius 3 is 2.06 bits per heavy atom. The zero-order valence-corrected chi connectivity index (χ0v) is 18.0. The Labute approximate surface area is 186 Å². The van der Waals surface area contributed by atoms with Crippen LogP contribution in [0.5, 0.6) is 0 Å². The van der Waals surface area contributed by atoms with Gasteiger partial charge in [0.05, 0.1) is 5.69 Å². The molecule has 0 aliphatic carbocycles. The van der Waals surface area contributed by atoms with Crippen LogP contribution in [0.15, 0.2) is 89.0 Å². The molecule has 0 atom stereocenters. The van der Waals surface area contributed by atoms with E-state index in [1.807, 2.05) is 48.5 Å². The summed E-state index contributed by atoms with van der Waals surface area (Å²) in [6, 6.07) is 22.0. The molecule has 0 spiro atoms. The van der Waals surface area contributed by atoms with Crippen LogP contribution in [0.4, 0.5) is 17.2 Å². The van der Waals surface area contributed by atoms with Crippen LogP contribution in [0.2, 0.25) is 0 Å². The highest BCUT2D eigenvalue weighted by Crippen LogP contribution is 2.35. The summed E-state index contributed by atoms with van der Waals surface area (Å²) in [5.74, 6) is -0.405. The Morgan fingerprint density at radius 2 is 1.41 bits per heavy atom. The number of amides is 1. The SMILES string of the molecule is O=C(C1=NN(c2ccccc2)c2ncccc2S1(=O)=O)N1CCN(c2ccccc2)CC1. The van der Waals surface area contributed by atoms with Crippen molar-refractivity contribution in [2.75, 3.05) is 36.1 Å². The third kappa shape index (κ3) is 3.50. The van der Waals surface area contributed by atoms with Gasteiger partial charge in [-0.25, -0.2) is 18.4 Å². The van der Waals surface area contributed by atoms with E-state index < -0.39 is 20.8 Å². The molecular weight excluding hydrogens is 426 g/mol. The summed E-state index contributed by atoms with van der Waals surface area (Å²) in [4.78, 5) is 21.3. The number of aromatic nitrogens is 1. The Hall–Kier alpha value is -3.72. The van der Waals surface area contributed by atoms with Crippen LogP contribution in [-0.4, -0.2) is 55.4 Å². The van der Waals surface area contributed by atoms with Gasteiger partial charge in [-0.3, -0.25) is 4.79 Å². The Morgan fingerprint density at radius 1 is 0.781 bits per heavy atom. The van der Waals surface area contributed by atoms with E-state index in [2.05, 4.69) is 15.0 Å². The van der Waals surface area contributed by atoms with E-state index in [1.54, 1.807) is 23.1 Å². The second-order valence-corrected chi connectivity index (χ2v) is 9.33. The smallest absolute Gasteiger partial charge is 0.286 e. The molecule has 1 aromatic heterocycles. The van der Waals surface area contributed by atoms with Crippen molar-refractivity contribution in [3.05, 3.63) is 79.0 Å². The lowest BCUT2D eigenvalue weighted by molar-refractivity contribution is -0.124. The molecule has 32 heavy (non-hydrogen) atoms. The van der Waals surface area contributed by atoms with Gasteiger partial charge in [0.15, 0.2) is 5.82 Å². The molecule has 0 N–H and O–H groups in total. The number of benzene rings is 2. The maximum absolute atomic E-state index is 13.3. The summed E-state index contributed by atoms with van der Waals surface area (Å²) in [5, 5.41) is 5.24. The zero-order chi connectivity index (χ0) is 22.1. The molecule has 0 bridgehead atoms. The van der Waals surface area contributed by atoms with Crippen molar-refractivity contribution in [3.8, 4) is 0 Å². The summed E-state index contributed by atoms with van der Waals surface area (Å²) in [6.07, 6.45) is 1.51. The lowest BCUT2D eigenvalue weighted by Gasteiger charge is -2.36. The second kappa shape index (κ2) is 8.08. The summed E-state index contributed by atoms with van der Waals surface area (Å²) in [5.41, 5.74) is 1.71. The van der Waals surface area contributed by atoms with Gasteiger partial charge in [-0.15, -0.1) is 5.10 Å². The number of hydrogen-bond donors (Lipinski definition) is 0. The third-order valence-electron chi connectivity index (χ3n) is 5.56. The largest absolute Gasteiger partial charge is 0.368 e. The van der Waals surface area contributed by atoms with Crippen molar-refractivity contribution in [3.63, 3.8) is 0 Å². The van der Waals surface area contributed by atoms with Gasteiger partial charge in [-0.2, -0.15) is 0 Å². The number of sulfone groups is 1. The molecule has 3 aromatic rings. The van der Waals surface area contributed by atoms with E-state index in [9.17, 15) is 13.2 Å². The summed E-state index contributed by atoms with van der Waals surface area (Å²) in [6.45, 7) is 2.05. The van der Waals surface area contributed by atoms with Crippen molar-refractivity contribution >= 4 is 38.0 Å². The summed E-state index contributed by atoms with van der Waals surface area (Å²) in [7, 11) is -4.10. The number of rotatable bonds is 3. The van der Waals surface area contributed by atoms with E-state index in [-0.39, 0.29) is 10.7 Å². The minimum Gasteiger partial charge on any atom is -0.368 e. The Balaban J connectivity index is 1.46. The number of hydrogen-bond acceptors (Lipinski definition) is 7. The van der Waals surface area contributed by atoms with Crippen LogP contribution in [0.1, 0.15) is 0 Å². The predicted octanol–water partition coefficient (Wildman–Crippen LogP) is 2.67. The van der Waals surface area contributed by atoms with Crippen LogP contribution >= 0.6 is 0 Å². The molecule has 0 unspecified atom stereocenters. The lowest BCUT2D eigenvalue weighted by atomic mass is 10.2. The van der Waals surface area contributed by atoms with Gasteiger partial charge >= 0.3 is 0 Å². The average Bonchev–Trinajstić information content (AvgIpc) is 2.85. The van der Waals surface area contributed by atoms with Crippen LogP contribution in [-0.2, 0) is 14.6 Å². The predicted molar refractivity (Wildman–Crippen MR) is 123 cm³/mol. The van der Waals surface area contributed by atoms with Crippen LogP contribution in [0.3, 0.4) is 0 Å². The molecular formula is C23H21N5O3S. The summed E-state index contributed by atoms with van der Waals surface area (Å²) >= 11 is 0. The number of carbonyl (C=O) groups is 1. The quantitative estimate of drug-likeness (QED) is 0.614. The maximum Gasteiger partial charge on any atom is 0.286 e. The number of hydrazone groups is 1. The van der Waals surface area contributed by atoms with E-state index >= 15 is 0 Å². The number of para-hydroxylation sites is 2. The summed E-state index contributed by atoms with van der Waals surface area (Å²) < 4.78 is 26.6. The molecule has 0 radical (unpaired) electrons. The van der Waals surface area contributed by atoms with Gasteiger partial charge in [0.2, 0.25) is 14.9 Å². The average molecular weight is 448 g/mol. The topological polar surface area (TPSA) is 86.2 Å². The van der Waals surface area contributed by atoms with Gasteiger partial charge in [-0.05, 0) is 36.4 Å². The van der Waals surface area contributed by atoms with Crippen molar-refractivity contribution in [1.29, 1.82) is 0 Å². The highest BCUT2D eigenvalue weighted by Gasteiger charge is 2.41. The molecule has 2 aliphatic rings. The van der Waals surface area contributed by atoms with Crippen molar-refractivity contribution < 1.29 is 13.2 Å². The number of pyridine rings is 1. The molecule has 1 amide bonds. The maximum atomic E-state index is 13.3. The number of fused-ring (bicyclic) bond motifs is 1. The Kier molecular flexibility index (Phi) is 5.10. The van der Waals surface area contributed by atoms with Gasteiger partial charge in [-0.1, -0.05) is 36.4 Å². The van der Waals surface area contributed by atoms with Crippen LogP contribution in [0, 0.1) is 0 Å². The fraction of sp³-hybridized carbons (Fsp3) is 0.174. The van der Waals surface area contributed by atoms with Crippen molar-refractivity contribution in [2.24, 2.45) is 5.10 Å². The van der Waals surface area contributed by atoms with Gasteiger partial charge in [0.25, 0.3) is 5.91 Å². The normalized spacial score (nSPS) is 17.5. The van der Waals surface area contributed by atoms with Gasteiger partial charge < -0.3 is 9.80 Å². The third-order valence-corrected chi connectivity index (χ3v) is 7.22.